The van der Waals surface area contributed by atoms with Crippen molar-refractivity contribution in [3.63, 3.8) is 0 Å². The zero-order valence-corrected chi connectivity index (χ0v) is 19.8. The Balaban J connectivity index is 1.68. The van der Waals surface area contributed by atoms with E-state index in [0.717, 1.165) is 17.9 Å². The van der Waals surface area contributed by atoms with Crippen molar-refractivity contribution in [3.8, 4) is 0 Å². The topological polar surface area (TPSA) is 34.1 Å². The fourth-order valence-corrected chi connectivity index (χ4v) is 8.30. The van der Waals surface area contributed by atoms with Crippen LogP contribution in [0.5, 0.6) is 0 Å². The van der Waals surface area contributed by atoms with E-state index in [-0.39, 0.29) is 15.0 Å². The zero-order valence-electron chi connectivity index (χ0n) is 17.3. The van der Waals surface area contributed by atoms with Crippen LogP contribution in [0, 0.1) is 24.2 Å². The minimum atomic E-state index is -3.49. The van der Waals surface area contributed by atoms with Crippen molar-refractivity contribution >= 4 is 29.3 Å². The van der Waals surface area contributed by atoms with Gasteiger partial charge in [-0.05, 0) is 0 Å². The molecule has 0 aromatic heterocycles. The number of benzene rings is 2. The molecule has 0 saturated heterocycles. The number of rotatable bonds is 6. The van der Waals surface area contributed by atoms with Crippen molar-refractivity contribution in [2.75, 3.05) is 0 Å². The van der Waals surface area contributed by atoms with E-state index < -0.39 is 9.84 Å². The molecule has 1 fully saturated rings. The van der Waals surface area contributed by atoms with Gasteiger partial charge in [-0.25, -0.2) is 0 Å². The van der Waals surface area contributed by atoms with E-state index in [2.05, 4.69) is 32.1 Å². The van der Waals surface area contributed by atoms with Crippen molar-refractivity contribution in [2.45, 2.75) is 44.9 Å². The molecule has 0 heterocycles. The first-order valence-corrected chi connectivity index (χ1v) is 13.5. The Kier molecular flexibility index (Phi) is 5.63. The van der Waals surface area contributed by atoms with Gasteiger partial charge < -0.3 is 0 Å². The monoisotopic (exact) mass is 472 g/mol. The number of allylic oxidation sites excluding steroid dienone is 3. The molecule has 0 N–H and O–H groups in total. The molecule has 0 spiro atoms. The van der Waals surface area contributed by atoms with Crippen molar-refractivity contribution in [1.29, 1.82) is 0 Å². The molecule has 0 unspecified atom stereocenters. The van der Waals surface area contributed by atoms with Gasteiger partial charge in [-0.15, -0.1) is 0 Å². The van der Waals surface area contributed by atoms with Crippen LogP contribution in [0.2, 0.25) is 0 Å². The Morgan fingerprint density at radius 3 is 2.41 bits per heavy atom. The van der Waals surface area contributed by atoms with Crippen LogP contribution in [-0.2, 0) is 9.84 Å². The van der Waals surface area contributed by atoms with Crippen LogP contribution < -0.4 is 4.46 Å². The van der Waals surface area contributed by atoms with Crippen LogP contribution in [0.15, 0.2) is 81.0 Å². The molecule has 2 atom stereocenters. The Hall–Kier alpha value is -1.61. The second kappa shape index (κ2) is 7.90. The van der Waals surface area contributed by atoms with Gasteiger partial charge in [0.05, 0.1) is 0 Å². The van der Waals surface area contributed by atoms with Crippen LogP contribution in [0.1, 0.15) is 38.7 Å². The number of fused-ring (bicyclic) bond motifs is 1. The van der Waals surface area contributed by atoms with E-state index >= 15 is 0 Å². The third kappa shape index (κ3) is 4.03. The summed E-state index contributed by atoms with van der Waals surface area (Å²) in [7, 11) is -3.49. The molecule has 0 amide bonds. The number of hydrogen-bond acceptors (Lipinski definition) is 2. The molecule has 2 bridgehead atoms. The average Bonchev–Trinajstić information content (AvgIpc) is 2.72. The van der Waals surface area contributed by atoms with Crippen molar-refractivity contribution in [2.24, 2.45) is 17.3 Å². The van der Waals surface area contributed by atoms with Crippen molar-refractivity contribution < 1.29 is 8.42 Å². The summed E-state index contributed by atoms with van der Waals surface area (Å²) in [5.74, 6) is 1.27. The Bertz CT molecular complexity index is 1050. The zero-order chi connectivity index (χ0) is 20.6. The van der Waals surface area contributed by atoms with Crippen LogP contribution in [0.4, 0.5) is 0 Å². The summed E-state index contributed by atoms with van der Waals surface area (Å²) in [4.78, 5) is 2.97. The summed E-state index contributed by atoms with van der Waals surface area (Å²) in [5.41, 5.74) is 2.69. The summed E-state index contributed by atoms with van der Waals surface area (Å²) in [6, 6.07) is 17.4. The van der Waals surface area contributed by atoms with E-state index in [9.17, 15) is 8.42 Å². The molecular weight excluding hydrogens is 443 g/mol. The van der Waals surface area contributed by atoms with Gasteiger partial charge in [-0.1, -0.05) is 0 Å². The maximum absolute atomic E-state index is 13.5. The van der Waals surface area contributed by atoms with Gasteiger partial charge >= 0.3 is 182 Å². The van der Waals surface area contributed by atoms with Gasteiger partial charge in [0.15, 0.2) is 0 Å². The number of sulfone groups is 1. The third-order valence-electron chi connectivity index (χ3n) is 6.71. The molecule has 152 valence electrons. The molecule has 3 aliphatic carbocycles. The first kappa shape index (κ1) is 20.7. The molecule has 29 heavy (non-hydrogen) atoms. The molecular formula is C25H28O2SSe. The van der Waals surface area contributed by atoms with E-state index in [1.165, 1.54) is 16.5 Å². The van der Waals surface area contributed by atoms with Gasteiger partial charge in [0.2, 0.25) is 0 Å². The quantitative estimate of drug-likeness (QED) is 0.438. The minimum absolute atomic E-state index is 0.0126. The normalized spacial score (nSPS) is 23.3. The van der Waals surface area contributed by atoms with E-state index in [1.54, 1.807) is 12.1 Å². The summed E-state index contributed by atoms with van der Waals surface area (Å²) in [6.07, 6.45) is 5.16. The van der Waals surface area contributed by atoms with Crippen LogP contribution in [0.3, 0.4) is 0 Å². The third-order valence-corrected chi connectivity index (χ3v) is 10.9. The first-order chi connectivity index (χ1) is 13.8. The molecule has 0 radical (unpaired) electrons. The Labute approximate surface area is 181 Å². The van der Waals surface area contributed by atoms with E-state index in [1.807, 2.05) is 42.2 Å². The first-order valence-electron chi connectivity index (χ1n) is 10.2. The van der Waals surface area contributed by atoms with Gasteiger partial charge in [-0.2, -0.15) is 0 Å². The molecule has 2 aromatic carbocycles. The van der Waals surface area contributed by atoms with Crippen molar-refractivity contribution in [1.82, 2.24) is 0 Å². The van der Waals surface area contributed by atoms with Crippen LogP contribution >= 0.6 is 0 Å². The molecule has 1 saturated carbocycles. The second-order valence-corrected chi connectivity index (χ2v) is 12.8. The number of aryl methyl sites for hydroxylation is 1. The fourth-order valence-electron chi connectivity index (χ4n) is 4.58. The van der Waals surface area contributed by atoms with E-state index in [0.29, 0.717) is 27.6 Å². The SMILES string of the molecule is Cc1ccc(S(=O)(=O)/C(=C\[Se]c2ccccc2)CC2=CC[C@H]3C[C@@H]2C3(C)C)cc1. The molecule has 2 nitrogen and oxygen atoms in total. The predicted molar refractivity (Wildman–Crippen MR) is 121 cm³/mol. The average molecular weight is 472 g/mol. The second-order valence-electron chi connectivity index (χ2n) is 8.83. The predicted octanol–water partition coefficient (Wildman–Crippen LogP) is 5.02. The summed E-state index contributed by atoms with van der Waals surface area (Å²) >= 11 is -0.0126. The summed E-state index contributed by atoms with van der Waals surface area (Å²) in [5, 5.41) is 0. The molecule has 4 heteroatoms. The van der Waals surface area contributed by atoms with Crippen LogP contribution in [0.25, 0.3) is 0 Å². The van der Waals surface area contributed by atoms with Gasteiger partial charge in [0.1, 0.15) is 0 Å². The van der Waals surface area contributed by atoms with Gasteiger partial charge in [-0.3, -0.25) is 0 Å². The fraction of sp³-hybridized carbons (Fsp3) is 0.360. The van der Waals surface area contributed by atoms with Crippen LogP contribution in [-0.4, -0.2) is 23.4 Å². The van der Waals surface area contributed by atoms with Crippen molar-refractivity contribution in [3.05, 3.63) is 81.7 Å². The maximum atomic E-state index is 13.5. The van der Waals surface area contributed by atoms with Gasteiger partial charge in [0, 0.05) is 0 Å². The molecule has 5 rings (SSSR count). The summed E-state index contributed by atoms with van der Waals surface area (Å²) in [6.45, 7) is 6.66. The number of hydrogen-bond donors (Lipinski definition) is 0. The molecule has 2 aromatic rings. The standard InChI is InChI=1S/C25H28O2SSe/c1-18-9-13-21(14-10-18)28(26,27)22(17-29-23-7-5-4-6-8-23)15-19-11-12-20-16-24(19)25(20,2)3/h4-11,13-14,17,20,24H,12,15-16H2,1-3H3/b22-17-/t20-,24-/m0/s1. The van der Waals surface area contributed by atoms with Gasteiger partial charge in [0.25, 0.3) is 0 Å². The van der Waals surface area contributed by atoms with E-state index in [4.69, 9.17) is 0 Å². The molecule has 0 aliphatic heterocycles. The Morgan fingerprint density at radius 2 is 1.79 bits per heavy atom. The Morgan fingerprint density at radius 1 is 1.10 bits per heavy atom. The molecule has 3 aliphatic rings. The summed E-state index contributed by atoms with van der Waals surface area (Å²) < 4.78 is 28.3.